The molecule has 35 heavy (non-hydrogen) atoms. The summed E-state index contributed by atoms with van der Waals surface area (Å²) < 4.78 is 6.01. The number of fused-ring (bicyclic) bond motifs is 5. The minimum Gasteiger partial charge on any atom is -0.454 e. The molecular weight excluding hydrogens is 536 g/mol. The van der Waals surface area contributed by atoms with Crippen LogP contribution in [0.4, 0.5) is 5.69 Å². The molecule has 0 unspecified atom stereocenters. The summed E-state index contributed by atoms with van der Waals surface area (Å²) >= 11 is 9.34. The molecule has 1 heterocycles. The van der Waals surface area contributed by atoms with Crippen LogP contribution in [0.2, 0.25) is 5.02 Å². The first kappa shape index (κ1) is 24.0. The maximum Gasteiger partial charge on any atom is 0.330 e. The molecule has 2 aromatic carbocycles. The summed E-state index contributed by atoms with van der Waals surface area (Å²) in [5.41, 5.74) is 1.25. The Hall–Kier alpha value is -2.71. The highest BCUT2D eigenvalue weighted by Crippen LogP contribution is 2.56. The van der Waals surface area contributed by atoms with Crippen molar-refractivity contribution in [1.82, 2.24) is 4.90 Å². The Bertz CT molecular complexity index is 1160. The number of nitrogens with one attached hydrogen (secondary N) is 1. The number of carbonyl (C=O) groups excluding carboxylic acids is 4. The van der Waals surface area contributed by atoms with Crippen molar-refractivity contribution >= 4 is 56.9 Å². The Labute approximate surface area is 216 Å². The van der Waals surface area contributed by atoms with Gasteiger partial charge in [0.2, 0.25) is 11.8 Å². The van der Waals surface area contributed by atoms with Gasteiger partial charge in [0.05, 0.1) is 16.9 Å². The SMILES string of the molecule is O=C(COC(=O)[C@H](Cc1ccccc1)N1C(=O)[C@@H]2[C@H]3CC[C@@H](C3)[C@@H]2C1=O)Nc1ccc(Br)c(Cl)c1. The smallest absolute Gasteiger partial charge is 0.330 e. The van der Waals surface area contributed by atoms with E-state index in [9.17, 15) is 19.2 Å². The van der Waals surface area contributed by atoms with Crippen LogP contribution in [0.5, 0.6) is 0 Å². The van der Waals surface area contributed by atoms with Crippen LogP contribution in [0.3, 0.4) is 0 Å². The minimum absolute atomic E-state index is 0.135. The molecule has 5 rings (SSSR count). The number of ether oxygens (including phenoxy) is 1. The highest BCUT2D eigenvalue weighted by atomic mass is 79.9. The van der Waals surface area contributed by atoms with E-state index in [1.165, 1.54) is 0 Å². The van der Waals surface area contributed by atoms with E-state index in [2.05, 4.69) is 21.2 Å². The van der Waals surface area contributed by atoms with E-state index < -0.39 is 24.5 Å². The second kappa shape index (κ2) is 9.74. The first-order valence-corrected chi connectivity index (χ1v) is 12.8. The second-order valence-electron chi connectivity index (χ2n) is 9.42. The van der Waals surface area contributed by atoms with E-state index in [0.717, 1.165) is 29.7 Å². The molecule has 3 aliphatic rings. The summed E-state index contributed by atoms with van der Waals surface area (Å²) in [4.78, 5) is 53.5. The third-order valence-electron chi connectivity index (χ3n) is 7.37. The standard InChI is InChI=1S/C26H24BrClN2O5/c27-18-9-8-17(12-19(18)28)29-21(31)13-35-26(34)20(10-14-4-2-1-3-5-14)30-24(32)22-15-6-7-16(11-15)23(22)25(30)33/h1-5,8-9,12,15-16,20,22-23H,6-7,10-11,13H2,(H,29,31)/t15-,16-,20-,22-,23+/m0/s1. The molecule has 2 aromatic rings. The average molecular weight is 560 g/mol. The molecule has 9 heteroatoms. The highest BCUT2D eigenvalue weighted by molar-refractivity contribution is 9.10. The van der Waals surface area contributed by atoms with E-state index in [1.54, 1.807) is 18.2 Å². The summed E-state index contributed by atoms with van der Waals surface area (Å²) in [7, 11) is 0. The van der Waals surface area contributed by atoms with Gasteiger partial charge in [-0.2, -0.15) is 0 Å². The lowest BCUT2D eigenvalue weighted by molar-refractivity contribution is -0.160. The lowest BCUT2D eigenvalue weighted by Gasteiger charge is -2.26. The molecule has 1 N–H and O–H groups in total. The molecule has 3 fully saturated rings. The van der Waals surface area contributed by atoms with Gasteiger partial charge in [0.25, 0.3) is 5.91 Å². The molecule has 0 aromatic heterocycles. The molecule has 2 aliphatic carbocycles. The van der Waals surface area contributed by atoms with Crippen molar-refractivity contribution in [2.75, 3.05) is 11.9 Å². The predicted octanol–water partition coefficient (Wildman–Crippen LogP) is 4.23. The van der Waals surface area contributed by atoms with Crippen LogP contribution in [0.1, 0.15) is 24.8 Å². The maximum absolute atomic E-state index is 13.4. The predicted molar refractivity (Wildman–Crippen MR) is 132 cm³/mol. The van der Waals surface area contributed by atoms with Gasteiger partial charge in [-0.25, -0.2) is 4.79 Å². The maximum atomic E-state index is 13.4. The Kier molecular flexibility index (Phi) is 6.68. The molecular formula is C26H24BrClN2O5. The number of hydrogen-bond acceptors (Lipinski definition) is 5. The average Bonchev–Trinajstić information content (AvgIpc) is 3.53. The van der Waals surface area contributed by atoms with Crippen LogP contribution >= 0.6 is 27.5 Å². The fourth-order valence-corrected chi connectivity index (χ4v) is 6.29. The van der Waals surface area contributed by atoms with Crippen LogP contribution in [0.15, 0.2) is 53.0 Å². The number of carbonyl (C=O) groups is 4. The minimum atomic E-state index is -1.11. The fraction of sp³-hybridized carbons (Fsp3) is 0.385. The summed E-state index contributed by atoms with van der Waals surface area (Å²) in [6, 6.07) is 13.0. The molecule has 1 aliphatic heterocycles. The first-order chi connectivity index (χ1) is 16.8. The van der Waals surface area contributed by atoms with Crippen molar-refractivity contribution in [3.05, 3.63) is 63.6 Å². The van der Waals surface area contributed by atoms with Crippen LogP contribution in [-0.4, -0.2) is 41.2 Å². The summed E-state index contributed by atoms with van der Waals surface area (Å²) in [5.74, 6) is -2.13. The van der Waals surface area contributed by atoms with Crippen LogP contribution < -0.4 is 5.32 Å². The number of imide groups is 1. The molecule has 182 valence electrons. The van der Waals surface area contributed by atoms with E-state index in [-0.39, 0.29) is 41.9 Å². The number of anilines is 1. The van der Waals surface area contributed by atoms with Gasteiger partial charge >= 0.3 is 5.97 Å². The van der Waals surface area contributed by atoms with Gasteiger partial charge in [0.15, 0.2) is 6.61 Å². The van der Waals surface area contributed by atoms with E-state index >= 15 is 0 Å². The monoisotopic (exact) mass is 558 g/mol. The van der Waals surface area contributed by atoms with E-state index in [0.29, 0.717) is 15.2 Å². The normalized spacial score (nSPS) is 25.5. The largest absolute Gasteiger partial charge is 0.454 e. The third-order valence-corrected chi connectivity index (χ3v) is 8.60. The number of amides is 3. The molecule has 3 amide bonds. The van der Waals surface area contributed by atoms with Crippen molar-refractivity contribution in [2.24, 2.45) is 23.7 Å². The molecule has 0 spiro atoms. The Morgan fingerprint density at radius 3 is 2.34 bits per heavy atom. The van der Waals surface area contributed by atoms with Crippen LogP contribution in [0, 0.1) is 23.7 Å². The molecule has 1 saturated heterocycles. The van der Waals surface area contributed by atoms with Gasteiger partial charge in [-0.05, 0) is 70.8 Å². The lowest BCUT2D eigenvalue weighted by atomic mass is 9.81. The molecule has 2 bridgehead atoms. The molecule has 0 radical (unpaired) electrons. The fourth-order valence-electron chi connectivity index (χ4n) is 5.86. The van der Waals surface area contributed by atoms with Crippen LogP contribution in [-0.2, 0) is 30.3 Å². The Morgan fingerprint density at radius 2 is 1.71 bits per heavy atom. The summed E-state index contributed by atoms with van der Waals surface area (Å²) in [6.45, 7) is -0.549. The first-order valence-electron chi connectivity index (χ1n) is 11.7. The zero-order chi connectivity index (χ0) is 24.7. The number of nitrogens with zero attached hydrogens (tertiary/aromatic N) is 1. The number of benzene rings is 2. The molecule has 7 nitrogen and oxygen atoms in total. The van der Waals surface area contributed by atoms with Gasteiger partial charge in [0.1, 0.15) is 6.04 Å². The quantitative estimate of drug-likeness (QED) is 0.405. The second-order valence-corrected chi connectivity index (χ2v) is 10.7. The topological polar surface area (TPSA) is 92.8 Å². The Morgan fingerprint density at radius 1 is 1.06 bits per heavy atom. The van der Waals surface area contributed by atoms with Crippen molar-refractivity contribution in [2.45, 2.75) is 31.7 Å². The van der Waals surface area contributed by atoms with Gasteiger partial charge in [-0.1, -0.05) is 41.9 Å². The number of rotatable bonds is 7. The number of likely N-dealkylation sites (tertiary alicyclic amines) is 1. The van der Waals surface area contributed by atoms with Crippen molar-refractivity contribution < 1.29 is 23.9 Å². The van der Waals surface area contributed by atoms with E-state index in [4.69, 9.17) is 16.3 Å². The summed E-state index contributed by atoms with van der Waals surface area (Å²) in [5, 5.41) is 3.05. The van der Waals surface area contributed by atoms with Crippen molar-refractivity contribution in [3.63, 3.8) is 0 Å². The highest BCUT2D eigenvalue weighted by Gasteiger charge is 2.62. The van der Waals surface area contributed by atoms with Crippen molar-refractivity contribution in [3.8, 4) is 0 Å². The number of esters is 1. The summed E-state index contributed by atoms with van der Waals surface area (Å²) in [6.07, 6.45) is 2.95. The molecule has 5 atom stereocenters. The van der Waals surface area contributed by atoms with E-state index in [1.807, 2.05) is 30.3 Å². The van der Waals surface area contributed by atoms with Gasteiger partial charge < -0.3 is 10.1 Å². The van der Waals surface area contributed by atoms with Crippen molar-refractivity contribution in [1.29, 1.82) is 0 Å². The van der Waals surface area contributed by atoms with Gasteiger partial charge in [0, 0.05) is 16.6 Å². The zero-order valence-electron chi connectivity index (χ0n) is 18.8. The Balaban J connectivity index is 1.31. The number of hydrogen-bond donors (Lipinski definition) is 1. The third kappa shape index (κ3) is 4.61. The number of halogens is 2. The molecule has 2 saturated carbocycles. The zero-order valence-corrected chi connectivity index (χ0v) is 21.1. The van der Waals surface area contributed by atoms with Crippen LogP contribution in [0.25, 0.3) is 0 Å². The van der Waals surface area contributed by atoms with Gasteiger partial charge in [-0.3, -0.25) is 19.3 Å². The lowest BCUT2D eigenvalue weighted by Crippen LogP contribution is -2.48. The van der Waals surface area contributed by atoms with Gasteiger partial charge in [-0.15, -0.1) is 0 Å².